The van der Waals surface area contributed by atoms with Gasteiger partial charge in [-0.15, -0.1) is 11.3 Å². The first-order valence-corrected chi connectivity index (χ1v) is 7.69. The highest BCUT2D eigenvalue weighted by atomic mass is 32.1. The smallest absolute Gasteiger partial charge is 0.185 e. The lowest BCUT2D eigenvalue weighted by Crippen LogP contribution is -2.41. The number of nitrogens with zero attached hydrogens (tertiary/aromatic N) is 2. The molecule has 1 fully saturated rings. The first-order valence-electron chi connectivity index (χ1n) is 6.81. The Morgan fingerprint density at radius 1 is 1.29 bits per heavy atom. The van der Waals surface area contributed by atoms with E-state index in [0.717, 1.165) is 16.4 Å². The third kappa shape index (κ3) is 3.05. The van der Waals surface area contributed by atoms with E-state index in [2.05, 4.69) is 9.88 Å². The summed E-state index contributed by atoms with van der Waals surface area (Å²) in [5, 5.41) is 13.7. The number of carboxylic acids is 1. The van der Waals surface area contributed by atoms with Crippen LogP contribution in [0.3, 0.4) is 0 Å². The summed E-state index contributed by atoms with van der Waals surface area (Å²) in [6, 6.07) is 6.24. The molecule has 2 aromatic rings. The molecule has 4 nitrogen and oxygen atoms in total. The van der Waals surface area contributed by atoms with E-state index in [4.69, 9.17) is 0 Å². The van der Waals surface area contributed by atoms with E-state index in [9.17, 15) is 14.3 Å². The van der Waals surface area contributed by atoms with E-state index in [-0.39, 0.29) is 11.7 Å². The summed E-state index contributed by atoms with van der Waals surface area (Å²) in [7, 11) is 0. The maximum absolute atomic E-state index is 12.9. The van der Waals surface area contributed by atoms with Crippen molar-refractivity contribution in [3.05, 3.63) is 35.5 Å². The Morgan fingerprint density at radius 2 is 1.95 bits per heavy atom. The lowest BCUT2D eigenvalue weighted by molar-refractivity contribution is -0.312. The Morgan fingerprint density at radius 3 is 2.57 bits per heavy atom. The van der Waals surface area contributed by atoms with Crippen molar-refractivity contribution in [2.75, 3.05) is 18.0 Å². The molecule has 21 heavy (non-hydrogen) atoms. The van der Waals surface area contributed by atoms with Crippen LogP contribution in [0, 0.1) is 11.7 Å². The molecule has 1 aromatic carbocycles. The van der Waals surface area contributed by atoms with Crippen molar-refractivity contribution in [3.8, 4) is 11.3 Å². The van der Waals surface area contributed by atoms with E-state index in [1.807, 2.05) is 5.38 Å². The fourth-order valence-corrected chi connectivity index (χ4v) is 3.36. The van der Waals surface area contributed by atoms with Gasteiger partial charge in [0.25, 0.3) is 0 Å². The molecular weight excluding hydrogens is 291 g/mol. The zero-order valence-corrected chi connectivity index (χ0v) is 12.1. The molecule has 3 rings (SSSR count). The van der Waals surface area contributed by atoms with Gasteiger partial charge in [-0.1, -0.05) is 0 Å². The largest absolute Gasteiger partial charge is 0.550 e. The summed E-state index contributed by atoms with van der Waals surface area (Å²) >= 11 is 1.52. The highest BCUT2D eigenvalue weighted by Gasteiger charge is 2.22. The highest BCUT2D eigenvalue weighted by molar-refractivity contribution is 7.14. The zero-order valence-electron chi connectivity index (χ0n) is 11.3. The van der Waals surface area contributed by atoms with Crippen LogP contribution < -0.4 is 10.0 Å². The molecule has 110 valence electrons. The standard InChI is InChI=1S/C15H15FN2O2S/c16-12-3-1-10(2-4-12)13-9-21-15(17-13)18-7-5-11(6-8-18)14(19)20/h1-4,9,11H,5-8H2,(H,19,20)/p-1. The monoisotopic (exact) mass is 305 g/mol. The number of carbonyl (C=O) groups excluding carboxylic acids is 1. The number of rotatable bonds is 3. The van der Waals surface area contributed by atoms with Crippen LogP contribution >= 0.6 is 11.3 Å². The van der Waals surface area contributed by atoms with Crippen LogP contribution in [0.4, 0.5) is 9.52 Å². The summed E-state index contributed by atoms with van der Waals surface area (Å²) < 4.78 is 12.9. The molecule has 1 aromatic heterocycles. The van der Waals surface area contributed by atoms with Gasteiger partial charge in [0.1, 0.15) is 5.82 Å². The number of piperidine rings is 1. The van der Waals surface area contributed by atoms with Crippen LogP contribution in [0.1, 0.15) is 12.8 Å². The summed E-state index contributed by atoms with van der Waals surface area (Å²) in [4.78, 5) is 17.5. The van der Waals surface area contributed by atoms with Crippen LogP contribution in [0.2, 0.25) is 0 Å². The Bertz CT molecular complexity index is 633. The number of thiazole rings is 1. The maximum atomic E-state index is 12.9. The van der Waals surface area contributed by atoms with Gasteiger partial charge in [-0.2, -0.15) is 0 Å². The van der Waals surface area contributed by atoms with Crippen LogP contribution in [0.15, 0.2) is 29.6 Å². The molecule has 0 radical (unpaired) electrons. The third-order valence-electron chi connectivity index (χ3n) is 3.73. The number of carbonyl (C=O) groups is 1. The summed E-state index contributed by atoms with van der Waals surface area (Å²) in [5.74, 6) is -1.57. The van der Waals surface area contributed by atoms with Crippen molar-refractivity contribution in [2.45, 2.75) is 12.8 Å². The lowest BCUT2D eigenvalue weighted by Gasteiger charge is -2.32. The average Bonchev–Trinajstić information content (AvgIpc) is 2.98. The van der Waals surface area contributed by atoms with Gasteiger partial charge in [-0.25, -0.2) is 9.37 Å². The molecular formula is C15H14FN2O2S-. The molecule has 1 saturated heterocycles. The van der Waals surface area contributed by atoms with E-state index in [1.54, 1.807) is 12.1 Å². The predicted octanol–water partition coefficient (Wildman–Crippen LogP) is 1.92. The first-order chi connectivity index (χ1) is 10.1. The summed E-state index contributed by atoms with van der Waals surface area (Å²) in [6.45, 7) is 1.35. The number of hydrogen-bond acceptors (Lipinski definition) is 5. The molecule has 1 aliphatic rings. The minimum atomic E-state index is -0.958. The van der Waals surface area contributed by atoms with Crippen molar-refractivity contribution in [3.63, 3.8) is 0 Å². The Labute approximate surface area is 125 Å². The third-order valence-corrected chi connectivity index (χ3v) is 4.63. The minimum Gasteiger partial charge on any atom is -0.550 e. The van der Waals surface area contributed by atoms with E-state index >= 15 is 0 Å². The summed E-state index contributed by atoms with van der Waals surface area (Å²) in [6.07, 6.45) is 1.18. The van der Waals surface area contributed by atoms with Crippen molar-refractivity contribution >= 4 is 22.4 Å². The molecule has 0 N–H and O–H groups in total. The van der Waals surface area contributed by atoms with E-state index in [0.29, 0.717) is 25.9 Å². The zero-order chi connectivity index (χ0) is 14.8. The topological polar surface area (TPSA) is 56.3 Å². The molecule has 0 atom stereocenters. The molecule has 0 spiro atoms. The second-order valence-corrected chi connectivity index (χ2v) is 5.94. The van der Waals surface area contributed by atoms with Crippen molar-refractivity contribution in [1.82, 2.24) is 4.98 Å². The molecule has 0 amide bonds. The van der Waals surface area contributed by atoms with Crippen LogP contribution in [0.5, 0.6) is 0 Å². The van der Waals surface area contributed by atoms with E-state index in [1.165, 1.54) is 23.5 Å². The van der Waals surface area contributed by atoms with Gasteiger partial charge >= 0.3 is 0 Å². The van der Waals surface area contributed by atoms with Gasteiger partial charge in [0.2, 0.25) is 0 Å². The average molecular weight is 305 g/mol. The molecule has 0 aliphatic carbocycles. The first kappa shape index (κ1) is 14.0. The number of benzene rings is 1. The molecule has 6 heteroatoms. The fourth-order valence-electron chi connectivity index (χ4n) is 2.47. The number of halogens is 1. The van der Waals surface area contributed by atoms with E-state index < -0.39 is 5.97 Å². The normalized spacial score (nSPS) is 16.1. The maximum Gasteiger partial charge on any atom is 0.185 e. The van der Waals surface area contributed by atoms with Gasteiger partial charge in [-0.3, -0.25) is 0 Å². The Hall–Kier alpha value is -1.95. The van der Waals surface area contributed by atoms with Crippen LogP contribution in [-0.4, -0.2) is 24.0 Å². The molecule has 1 aliphatic heterocycles. The van der Waals surface area contributed by atoms with Crippen LogP contribution in [0.25, 0.3) is 11.3 Å². The lowest BCUT2D eigenvalue weighted by atomic mass is 9.98. The minimum absolute atomic E-state index is 0.265. The molecule has 2 heterocycles. The van der Waals surface area contributed by atoms with Gasteiger partial charge in [0.15, 0.2) is 5.13 Å². The second kappa shape index (κ2) is 5.81. The van der Waals surface area contributed by atoms with Crippen molar-refractivity contribution in [1.29, 1.82) is 0 Å². The number of carboxylic acid groups (broad SMARTS) is 1. The Kier molecular flexibility index (Phi) is 3.88. The van der Waals surface area contributed by atoms with Gasteiger partial charge in [-0.05, 0) is 37.1 Å². The molecule has 0 unspecified atom stereocenters. The van der Waals surface area contributed by atoms with Gasteiger partial charge in [0, 0.05) is 35.9 Å². The number of aliphatic carboxylic acids is 1. The van der Waals surface area contributed by atoms with Crippen molar-refractivity contribution < 1.29 is 14.3 Å². The quantitative estimate of drug-likeness (QED) is 0.869. The predicted molar refractivity (Wildman–Crippen MR) is 77.5 cm³/mol. The number of anilines is 1. The fraction of sp³-hybridized carbons (Fsp3) is 0.333. The molecule has 0 saturated carbocycles. The van der Waals surface area contributed by atoms with Gasteiger partial charge < -0.3 is 14.8 Å². The van der Waals surface area contributed by atoms with Crippen LogP contribution in [-0.2, 0) is 4.79 Å². The summed E-state index contributed by atoms with van der Waals surface area (Å²) in [5.41, 5.74) is 1.69. The molecule has 0 bridgehead atoms. The van der Waals surface area contributed by atoms with Crippen molar-refractivity contribution in [2.24, 2.45) is 5.92 Å². The SMILES string of the molecule is O=C([O-])C1CCN(c2nc(-c3ccc(F)cc3)cs2)CC1. The second-order valence-electron chi connectivity index (χ2n) is 5.10. The Balaban J connectivity index is 1.71. The number of hydrogen-bond donors (Lipinski definition) is 0. The van der Waals surface area contributed by atoms with Gasteiger partial charge in [0.05, 0.1) is 5.69 Å². The number of aromatic nitrogens is 1. The highest BCUT2D eigenvalue weighted by Crippen LogP contribution is 2.30.